The number of fused-ring (bicyclic) bond motifs is 3. The van der Waals surface area contributed by atoms with E-state index in [-0.39, 0.29) is 0 Å². The maximum Gasteiger partial charge on any atom is 0.321 e. The summed E-state index contributed by atoms with van der Waals surface area (Å²) in [6, 6.07) is 25.8. The van der Waals surface area contributed by atoms with Gasteiger partial charge in [-0.25, -0.2) is 0 Å². The molecule has 33 heavy (non-hydrogen) atoms. The van der Waals surface area contributed by atoms with Crippen LogP contribution >= 0.6 is 0 Å². The molecule has 0 unspecified atom stereocenters. The highest BCUT2D eigenvalue weighted by atomic mass is 16.4. The predicted molar refractivity (Wildman–Crippen MR) is 130 cm³/mol. The van der Waals surface area contributed by atoms with Gasteiger partial charge in [-0.2, -0.15) is 0 Å². The highest BCUT2D eigenvalue weighted by molar-refractivity contribution is 5.85. The average Bonchev–Trinajstić information content (AvgIpc) is 3.07. The fourth-order valence-electron chi connectivity index (χ4n) is 6.24. The lowest BCUT2D eigenvalue weighted by Gasteiger charge is -2.65. The van der Waals surface area contributed by atoms with Gasteiger partial charge in [0.05, 0.1) is 11.1 Å². The van der Waals surface area contributed by atoms with Crippen LogP contribution in [0.2, 0.25) is 0 Å². The molecule has 4 nitrogen and oxygen atoms in total. The van der Waals surface area contributed by atoms with Gasteiger partial charge in [-0.3, -0.25) is 9.69 Å². The predicted octanol–water partition coefficient (Wildman–Crippen LogP) is 5.06. The molecule has 3 aromatic carbocycles. The van der Waals surface area contributed by atoms with E-state index < -0.39 is 28.6 Å². The maximum absolute atomic E-state index is 12.9. The van der Waals surface area contributed by atoms with Crippen molar-refractivity contribution in [3.05, 3.63) is 108 Å². The topological polar surface area (TPSA) is 60.8 Å². The van der Waals surface area contributed by atoms with E-state index in [9.17, 15) is 15.0 Å². The van der Waals surface area contributed by atoms with Crippen molar-refractivity contribution in [2.24, 2.45) is 5.41 Å². The third kappa shape index (κ3) is 2.74. The Balaban J connectivity index is 1.83. The lowest BCUT2D eigenvalue weighted by molar-refractivity contribution is -0.218. The summed E-state index contributed by atoms with van der Waals surface area (Å²) in [5, 5.41) is 21.8. The van der Waals surface area contributed by atoms with Crippen LogP contribution in [-0.4, -0.2) is 39.3 Å². The number of likely N-dealkylation sites (tertiary alicyclic amines) is 1. The van der Waals surface area contributed by atoms with Gasteiger partial charge in [0.1, 0.15) is 6.04 Å². The van der Waals surface area contributed by atoms with Gasteiger partial charge in [-0.15, -0.1) is 6.58 Å². The Morgan fingerprint density at radius 1 is 1.00 bits per heavy atom. The minimum Gasteiger partial charge on any atom is -0.480 e. The van der Waals surface area contributed by atoms with Crippen molar-refractivity contribution < 1.29 is 15.0 Å². The fraction of sp³-hybridized carbons (Fsp3) is 0.276. The minimum atomic E-state index is -1.20. The molecule has 0 aromatic heterocycles. The smallest absolute Gasteiger partial charge is 0.321 e. The van der Waals surface area contributed by atoms with Crippen LogP contribution in [0.25, 0.3) is 11.1 Å². The molecule has 168 valence electrons. The zero-order valence-corrected chi connectivity index (χ0v) is 19.0. The molecule has 2 atom stereocenters. The first-order valence-electron chi connectivity index (χ1n) is 11.4. The number of aliphatic carboxylic acids is 1. The molecule has 1 aliphatic carbocycles. The number of hydrogen-bond donors (Lipinski definition) is 2. The van der Waals surface area contributed by atoms with Gasteiger partial charge in [-0.1, -0.05) is 84.9 Å². The second-order valence-electron chi connectivity index (χ2n) is 9.74. The molecule has 0 amide bonds. The van der Waals surface area contributed by atoms with Gasteiger partial charge in [-0.05, 0) is 48.1 Å². The Labute approximate surface area is 194 Å². The lowest BCUT2D eigenvalue weighted by atomic mass is 9.57. The van der Waals surface area contributed by atoms with Crippen LogP contribution in [-0.2, 0) is 10.3 Å². The summed E-state index contributed by atoms with van der Waals surface area (Å²) >= 11 is 0. The van der Waals surface area contributed by atoms with Crippen LogP contribution in [0, 0.1) is 5.41 Å². The Kier molecular flexibility index (Phi) is 4.85. The molecule has 0 bridgehead atoms. The molecule has 2 aliphatic rings. The van der Waals surface area contributed by atoms with Crippen molar-refractivity contribution >= 4 is 5.97 Å². The highest BCUT2D eigenvalue weighted by Crippen LogP contribution is 2.61. The van der Waals surface area contributed by atoms with Gasteiger partial charge < -0.3 is 10.2 Å². The van der Waals surface area contributed by atoms with E-state index in [1.807, 2.05) is 42.5 Å². The van der Waals surface area contributed by atoms with Crippen molar-refractivity contribution in [2.45, 2.75) is 37.5 Å². The Hall–Kier alpha value is -3.21. The van der Waals surface area contributed by atoms with Crippen molar-refractivity contribution in [1.82, 2.24) is 4.90 Å². The molecule has 1 saturated heterocycles. The van der Waals surface area contributed by atoms with Gasteiger partial charge in [0.15, 0.2) is 0 Å². The first kappa shape index (κ1) is 21.6. The van der Waals surface area contributed by atoms with Crippen LogP contribution in [0.4, 0.5) is 0 Å². The number of carbonyl (C=O) groups is 1. The van der Waals surface area contributed by atoms with E-state index in [1.54, 1.807) is 19.9 Å². The minimum absolute atomic E-state index is 0.415. The van der Waals surface area contributed by atoms with E-state index >= 15 is 0 Å². The van der Waals surface area contributed by atoms with Gasteiger partial charge in [0.2, 0.25) is 0 Å². The van der Waals surface area contributed by atoms with E-state index in [4.69, 9.17) is 0 Å². The maximum atomic E-state index is 12.9. The van der Waals surface area contributed by atoms with E-state index in [1.165, 1.54) is 0 Å². The third-order valence-electron chi connectivity index (χ3n) is 7.79. The second-order valence-corrected chi connectivity index (χ2v) is 9.74. The zero-order chi connectivity index (χ0) is 23.4. The zero-order valence-electron chi connectivity index (χ0n) is 19.0. The summed E-state index contributed by atoms with van der Waals surface area (Å²) in [6.45, 7) is 7.75. The summed E-state index contributed by atoms with van der Waals surface area (Å²) < 4.78 is 0. The normalized spacial score (nSPS) is 23.3. The second kappa shape index (κ2) is 7.41. The Morgan fingerprint density at radius 3 is 2.00 bits per heavy atom. The van der Waals surface area contributed by atoms with Crippen LogP contribution < -0.4 is 0 Å². The van der Waals surface area contributed by atoms with Gasteiger partial charge >= 0.3 is 5.97 Å². The quantitative estimate of drug-likeness (QED) is 0.527. The first-order valence-corrected chi connectivity index (χ1v) is 11.4. The number of allylic oxidation sites excluding steroid dienone is 1. The van der Waals surface area contributed by atoms with E-state index in [0.717, 1.165) is 27.8 Å². The standard InChI is InChI=1S/C29H29NO3/c1-4-18-28(27(2,3)33)19-30(25(28)26(31)32)29(20-12-6-5-7-13-20)23-16-10-8-14-21(23)22-15-9-11-17-24(22)29/h4-17,25,33H,1,18-19H2,2-3H3,(H,31,32)/t25-,28+/m1/s1. The van der Waals surface area contributed by atoms with Gasteiger partial charge in [0, 0.05) is 12.0 Å². The number of benzene rings is 3. The molecule has 0 radical (unpaired) electrons. The number of hydrogen-bond acceptors (Lipinski definition) is 3. The molecule has 3 aromatic rings. The molecule has 1 aliphatic heterocycles. The fourth-order valence-corrected chi connectivity index (χ4v) is 6.24. The van der Waals surface area contributed by atoms with E-state index in [2.05, 4.69) is 47.9 Å². The van der Waals surface area contributed by atoms with Crippen LogP contribution in [0.15, 0.2) is 91.5 Å². The van der Waals surface area contributed by atoms with E-state index in [0.29, 0.717) is 13.0 Å². The molecule has 1 fully saturated rings. The van der Waals surface area contributed by atoms with Gasteiger partial charge in [0.25, 0.3) is 0 Å². The number of nitrogens with zero attached hydrogens (tertiary/aromatic N) is 1. The molecular weight excluding hydrogens is 410 g/mol. The molecule has 1 heterocycles. The van der Waals surface area contributed by atoms with Crippen molar-refractivity contribution in [1.29, 1.82) is 0 Å². The van der Waals surface area contributed by atoms with Crippen molar-refractivity contribution in [2.75, 3.05) is 6.54 Å². The molecular formula is C29H29NO3. The Bertz CT molecular complexity index is 1180. The van der Waals surface area contributed by atoms with Crippen LogP contribution in [0.1, 0.15) is 37.0 Å². The molecule has 0 saturated carbocycles. The number of rotatable bonds is 6. The molecule has 4 heteroatoms. The SMILES string of the molecule is C=CC[C@]1(C(C)(C)O)CN(C2(c3ccccc3)c3ccccc3-c3ccccc32)[C@@H]1C(=O)O. The number of carboxylic acid groups (broad SMARTS) is 1. The first-order chi connectivity index (χ1) is 15.8. The average molecular weight is 440 g/mol. The summed E-state index contributed by atoms with van der Waals surface area (Å²) in [7, 11) is 0. The monoisotopic (exact) mass is 439 g/mol. The van der Waals surface area contributed by atoms with Crippen LogP contribution in [0.3, 0.4) is 0 Å². The molecule has 0 spiro atoms. The number of aliphatic hydroxyl groups is 1. The summed E-state index contributed by atoms with van der Waals surface area (Å²) in [5.41, 5.74) is 2.59. The van der Waals surface area contributed by atoms with Crippen LogP contribution in [0.5, 0.6) is 0 Å². The molecule has 5 rings (SSSR count). The summed E-state index contributed by atoms with van der Waals surface area (Å²) in [4.78, 5) is 15.0. The highest BCUT2D eigenvalue weighted by Gasteiger charge is 2.68. The summed E-state index contributed by atoms with van der Waals surface area (Å²) in [6.07, 6.45) is 2.15. The largest absolute Gasteiger partial charge is 0.480 e. The Morgan fingerprint density at radius 2 is 1.52 bits per heavy atom. The number of carboxylic acids is 1. The third-order valence-corrected chi connectivity index (χ3v) is 7.79. The molecule has 2 N–H and O–H groups in total. The van der Waals surface area contributed by atoms with Crippen molar-refractivity contribution in [3.8, 4) is 11.1 Å². The van der Waals surface area contributed by atoms with Crippen molar-refractivity contribution in [3.63, 3.8) is 0 Å². The lowest BCUT2D eigenvalue weighted by Crippen LogP contribution is -2.78. The summed E-state index contributed by atoms with van der Waals surface area (Å²) in [5.74, 6) is -0.928.